The SMILES string of the molecule is CCCCOc1ccc(C(C)(C)c2ccc(OCC(=O)CNS(C)(=O)=O)c(Cl)c2)cn1. The minimum atomic E-state index is -3.43. The summed E-state index contributed by atoms with van der Waals surface area (Å²) in [4.78, 5) is 16.2. The maximum atomic E-state index is 11.8. The molecule has 2 aromatic rings. The molecule has 0 fully saturated rings. The highest BCUT2D eigenvalue weighted by molar-refractivity contribution is 7.88. The summed E-state index contributed by atoms with van der Waals surface area (Å²) in [5, 5.41) is 0.363. The van der Waals surface area contributed by atoms with Gasteiger partial charge in [-0.05, 0) is 29.7 Å². The molecule has 0 spiro atoms. The Balaban J connectivity index is 2.04. The molecule has 0 saturated carbocycles. The molecule has 0 aliphatic carbocycles. The van der Waals surface area contributed by atoms with Crippen LogP contribution in [0.1, 0.15) is 44.7 Å². The Labute approximate surface area is 189 Å². The second kappa shape index (κ2) is 10.9. The van der Waals surface area contributed by atoms with Gasteiger partial charge in [-0.25, -0.2) is 18.1 Å². The van der Waals surface area contributed by atoms with E-state index in [9.17, 15) is 13.2 Å². The quantitative estimate of drug-likeness (QED) is 0.477. The van der Waals surface area contributed by atoms with Gasteiger partial charge in [-0.15, -0.1) is 0 Å². The summed E-state index contributed by atoms with van der Waals surface area (Å²) in [6.45, 7) is 6.28. The van der Waals surface area contributed by atoms with Crippen molar-refractivity contribution in [3.05, 3.63) is 52.7 Å². The number of carbonyl (C=O) groups is 1. The molecule has 1 aromatic carbocycles. The minimum absolute atomic E-state index is 0.283. The van der Waals surface area contributed by atoms with E-state index >= 15 is 0 Å². The molecule has 1 aromatic heterocycles. The molecule has 2 rings (SSSR count). The molecule has 0 aliphatic rings. The Hall–Kier alpha value is -2.16. The highest BCUT2D eigenvalue weighted by Crippen LogP contribution is 2.36. The predicted octanol–water partition coefficient (Wildman–Crippen LogP) is 3.74. The fourth-order valence-electron chi connectivity index (χ4n) is 2.75. The topological polar surface area (TPSA) is 94.6 Å². The fourth-order valence-corrected chi connectivity index (χ4v) is 3.41. The van der Waals surface area contributed by atoms with Gasteiger partial charge in [-0.1, -0.05) is 50.9 Å². The molecule has 0 amide bonds. The second-order valence-corrected chi connectivity index (χ2v) is 10.0. The second-order valence-electron chi connectivity index (χ2n) is 7.78. The zero-order chi connectivity index (χ0) is 23.1. The summed E-state index contributed by atoms with van der Waals surface area (Å²) in [5.41, 5.74) is 1.59. The summed E-state index contributed by atoms with van der Waals surface area (Å²) in [7, 11) is -3.43. The van der Waals surface area contributed by atoms with E-state index < -0.39 is 15.8 Å². The summed E-state index contributed by atoms with van der Waals surface area (Å²) in [6, 6.07) is 9.22. The largest absolute Gasteiger partial charge is 0.484 e. The van der Waals surface area contributed by atoms with Gasteiger partial charge in [0.25, 0.3) is 0 Å². The normalized spacial score (nSPS) is 11.9. The first-order valence-electron chi connectivity index (χ1n) is 10.0. The number of Topliss-reactive ketones (excluding diaryl/α,β-unsaturated/α-hetero) is 1. The van der Waals surface area contributed by atoms with Crippen molar-refractivity contribution in [2.24, 2.45) is 0 Å². The van der Waals surface area contributed by atoms with Crippen molar-refractivity contribution in [2.75, 3.05) is 26.0 Å². The number of aromatic nitrogens is 1. The number of ether oxygens (including phenoxy) is 2. The van der Waals surface area contributed by atoms with E-state index in [1.54, 1.807) is 18.3 Å². The highest BCUT2D eigenvalue weighted by Gasteiger charge is 2.25. The number of unbranched alkanes of at least 4 members (excludes halogenated alkanes) is 1. The van der Waals surface area contributed by atoms with E-state index in [-0.39, 0.29) is 18.6 Å². The van der Waals surface area contributed by atoms with Gasteiger partial charge in [0.2, 0.25) is 15.9 Å². The molecule has 0 bridgehead atoms. The molecule has 7 nitrogen and oxygen atoms in total. The molecule has 170 valence electrons. The van der Waals surface area contributed by atoms with Crippen LogP contribution >= 0.6 is 11.6 Å². The average Bonchev–Trinajstić information content (AvgIpc) is 2.71. The van der Waals surface area contributed by atoms with Crippen LogP contribution in [-0.2, 0) is 20.2 Å². The maximum Gasteiger partial charge on any atom is 0.213 e. The maximum absolute atomic E-state index is 11.8. The van der Waals surface area contributed by atoms with Crippen LogP contribution in [0.4, 0.5) is 0 Å². The third-order valence-corrected chi connectivity index (χ3v) is 5.74. The number of hydrogen-bond donors (Lipinski definition) is 1. The molecule has 0 saturated heterocycles. The van der Waals surface area contributed by atoms with E-state index in [0.717, 1.165) is 30.2 Å². The average molecular weight is 469 g/mol. The standard InChI is InChI=1S/C22H29ClN2O5S/c1-5-6-11-29-21-10-8-17(13-24-21)22(2,3)16-7-9-20(19(23)12-16)30-15-18(26)14-25-31(4,27)28/h7-10,12-13,25H,5-6,11,14-15H2,1-4H3. The number of rotatable bonds is 12. The zero-order valence-corrected chi connectivity index (χ0v) is 19.8. The Morgan fingerprint density at radius 1 is 1.16 bits per heavy atom. The molecular formula is C22H29ClN2O5S. The molecule has 0 unspecified atom stereocenters. The lowest BCUT2D eigenvalue weighted by molar-refractivity contribution is -0.119. The van der Waals surface area contributed by atoms with Crippen LogP contribution in [0, 0.1) is 0 Å². The molecule has 1 heterocycles. The Bertz CT molecular complexity index is 991. The lowest BCUT2D eigenvalue weighted by Crippen LogP contribution is -2.31. The first-order chi connectivity index (χ1) is 14.5. The molecule has 0 radical (unpaired) electrons. The van der Waals surface area contributed by atoms with E-state index in [4.69, 9.17) is 21.1 Å². The van der Waals surface area contributed by atoms with Crippen molar-refractivity contribution in [1.82, 2.24) is 9.71 Å². The van der Waals surface area contributed by atoms with Gasteiger partial charge in [0.1, 0.15) is 12.4 Å². The minimum Gasteiger partial charge on any atom is -0.484 e. The molecule has 31 heavy (non-hydrogen) atoms. The first kappa shape index (κ1) is 25.1. The van der Waals surface area contributed by atoms with Crippen molar-refractivity contribution < 1.29 is 22.7 Å². The number of nitrogens with one attached hydrogen (secondary N) is 1. The molecular weight excluding hydrogens is 440 g/mol. The summed E-state index contributed by atoms with van der Waals surface area (Å²) >= 11 is 6.37. The van der Waals surface area contributed by atoms with Crippen LogP contribution in [0.2, 0.25) is 5.02 Å². The summed E-state index contributed by atoms with van der Waals surface area (Å²) < 4.78 is 35.3. The lowest BCUT2D eigenvalue weighted by atomic mass is 9.79. The van der Waals surface area contributed by atoms with Gasteiger partial charge < -0.3 is 9.47 Å². The Morgan fingerprint density at radius 2 is 1.87 bits per heavy atom. The van der Waals surface area contributed by atoms with Crippen molar-refractivity contribution in [3.63, 3.8) is 0 Å². The highest BCUT2D eigenvalue weighted by atomic mass is 35.5. The van der Waals surface area contributed by atoms with Crippen LogP contribution in [0.3, 0.4) is 0 Å². The van der Waals surface area contributed by atoms with Crippen LogP contribution in [0.25, 0.3) is 0 Å². The fraction of sp³-hybridized carbons (Fsp3) is 0.455. The van der Waals surface area contributed by atoms with E-state index in [0.29, 0.717) is 23.3 Å². The molecule has 0 aliphatic heterocycles. The number of benzene rings is 1. The number of halogens is 1. The number of pyridine rings is 1. The monoisotopic (exact) mass is 468 g/mol. The van der Waals surface area contributed by atoms with Gasteiger partial charge in [0.15, 0.2) is 5.78 Å². The third kappa shape index (κ3) is 7.79. The lowest BCUT2D eigenvalue weighted by Gasteiger charge is -2.26. The van der Waals surface area contributed by atoms with Crippen molar-refractivity contribution >= 4 is 27.4 Å². The van der Waals surface area contributed by atoms with Gasteiger partial charge in [-0.2, -0.15) is 0 Å². The molecule has 0 atom stereocenters. The van der Waals surface area contributed by atoms with Gasteiger partial charge in [-0.3, -0.25) is 4.79 Å². The van der Waals surface area contributed by atoms with Crippen LogP contribution in [0.5, 0.6) is 11.6 Å². The van der Waals surface area contributed by atoms with Crippen LogP contribution in [0.15, 0.2) is 36.5 Å². The zero-order valence-electron chi connectivity index (χ0n) is 18.3. The number of ketones is 1. The number of sulfonamides is 1. The van der Waals surface area contributed by atoms with E-state index in [1.165, 1.54) is 0 Å². The van der Waals surface area contributed by atoms with Crippen molar-refractivity contribution in [1.29, 1.82) is 0 Å². The van der Waals surface area contributed by atoms with Crippen LogP contribution in [-0.4, -0.2) is 45.2 Å². The van der Waals surface area contributed by atoms with Gasteiger partial charge >= 0.3 is 0 Å². The van der Waals surface area contributed by atoms with E-state index in [1.807, 2.05) is 18.2 Å². The number of nitrogens with zero attached hydrogens (tertiary/aromatic N) is 1. The summed E-state index contributed by atoms with van der Waals surface area (Å²) in [6.07, 6.45) is 4.84. The van der Waals surface area contributed by atoms with E-state index in [2.05, 4.69) is 30.5 Å². The number of carbonyl (C=O) groups excluding carboxylic acids is 1. The van der Waals surface area contributed by atoms with Crippen LogP contribution < -0.4 is 14.2 Å². The first-order valence-corrected chi connectivity index (χ1v) is 12.3. The Kier molecular flexibility index (Phi) is 8.85. The van der Waals surface area contributed by atoms with Crippen molar-refractivity contribution in [2.45, 2.75) is 39.0 Å². The third-order valence-electron chi connectivity index (χ3n) is 4.78. The molecule has 9 heteroatoms. The molecule has 1 N–H and O–H groups in total. The summed E-state index contributed by atoms with van der Waals surface area (Å²) in [5.74, 6) is 0.551. The van der Waals surface area contributed by atoms with Gasteiger partial charge in [0.05, 0.1) is 24.4 Å². The van der Waals surface area contributed by atoms with Gasteiger partial charge in [0, 0.05) is 17.7 Å². The number of hydrogen-bond acceptors (Lipinski definition) is 6. The van der Waals surface area contributed by atoms with Crippen molar-refractivity contribution in [3.8, 4) is 11.6 Å². The predicted molar refractivity (Wildman–Crippen MR) is 122 cm³/mol. The Morgan fingerprint density at radius 3 is 2.45 bits per heavy atom. The smallest absolute Gasteiger partial charge is 0.213 e.